The van der Waals surface area contributed by atoms with Crippen LogP contribution in [0.25, 0.3) is 0 Å². The number of nitriles is 2. The van der Waals surface area contributed by atoms with E-state index < -0.39 is 0 Å². The van der Waals surface area contributed by atoms with Crippen LogP contribution in [0.2, 0.25) is 0 Å². The van der Waals surface area contributed by atoms with E-state index in [1.807, 2.05) is 12.1 Å². The highest BCUT2D eigenvalue weighted by atomic mass is 14.4. The van der Waals surface area contributed by atoms with Crippen LogP contribution in [0, 0.1) is 34.5 Å². The molecule has 1 rings (SSSR count). The van der Waals surface area contributed by atoms with E-state index in [1.54, 1.807) is 0 Å². The Kier molecular flexibility index (Phi) is 0.734. The third-order valence-corrected chi connectivity index (χ3v) is 1.12. The van der Waals surface area contributed by atoms with Crippen molar-refractivity contribution in [1.82, 2.24) is 0 Å². The van der Waals surface area contributed by atoms with Gasteiger partial charge in [0.15, 0.2) is 0 Å². The Hall–Kier alpha value is -1.02. The molecule has 2 nitrogen and oxygen atoms in total. The third kappa shape index (κ3) is 0.548. The summed E-state index contributed by atoms with van der Waals surface area (Å²) in [5, 5.41) is 16.2. The molecule has 1 saturated carbocycles. The van der Waals surface area contributed by atoms with Gasteiger partial charge in [-0.05, 0) is 6.42 Å². The Morgan fingerprint density at radius 2 is 1.57 bits per heavy atom. The van der Waals surface area contributed by atoms with Crippen molar-refractivity contribution in [3.05, 3.63) is 0 Å². The lowest BCUT2D eigenvalue weighted by Gasteiger charge is -1.62. The van der Waals surface area contributed by atoms with Crippen LogP contribution in [0.15, 0.2) is 0 Å². The van der Waals surface area contributed by atoms with E-state index >= 15 is 0 Å². The summed E-state index contributed by atoms with van der Waals surface area (Å²) < 4.78 is 0. The fourth-order valence-corrected chi connectivity index (χ4v) is 0.480. The Bertz CT molecular complexity index is 130. The topological polar surface area (TPSA) is 47.6 Å². The SMILES string of the molecule is N#C[C@@H]1C[C@@H]1C#N. The second kappa shape index (κ2) is 1.24. The third-order valence-electron chi connectivity index (χ3n) is 1.12. The first-order chi connectivity index (χ1) is 3.38. The summed E-state index contributed by atoms with van der Waals surface area (Å²) in [6, 6.07) is 4.03. The highest BCUT2D eigenvalue weighted by Crippen LogP contribution is 2.36. The summed E-state index contributed by atoms with van der Waals surface area (Å²) in [5.41, 5.74) is 0. The zero-order valence-corrected chi connectivity index (χ0v) is 3.76. The first-order valence-electron chi connectivity index (χ1n) is 2.17. The second-order valence-corrected chi connectivity index (χ2v) is 1.71. The molecule has 0 N–H and O–H groups in total. The van der Waals surface area contributed by atoms with E-state index in [2.05, 4.69) is 0 Å². The summed E-state index contributed by atoms with van der Waals surface area (Å²) in [6.45, 7) is 0. The summed E-state index contributed by atoms with van der Waals surface area (Å²) in [5.74, 6) is 0.120. The monoisotopic (exact) mass is 92.0 g/mol. The van der Waals surface area contributed by atoms with Crippen molar-refractivity contribution < 1.29 is 0 Å². The van der Waals surface area contributed by atoms with Gasteiger partial charge in [0.1, 0.15) is 0 Å². The minimum atomic E-state index is 0.0602. The maximum absolute atomic E-state index is 8.11. The molecule has 1 aliphatic carbocycles. The first kappa shape index (κ1) is 4.15. The average molecular weight is 92.1 g/mol. The molecule has 0 saturated heterocycles. The van der Waals surface area contributed by atoms with Crippen molar-refractivity contribution >= 4 is 0 Å². The van der Waals surface area contributed by atoms with Crippen molar-refractivity contribution in [3.63, 3.8) is 0 Å². The quantitative estimate of drug-likeness (QED) is 0.441. The van der Waals surface area contributed by atoms with Gasteiger partial charge in [0.25, 0.3) is 0 Å². The molecule has 0 unspecified atom stereocenters. The lowest BCUT2D eigenvalue weighted by Crippen LogP contribution is -1.67. The van der Waals surface area contributed by atoms with Gasteiger partial charge < -0.3 is 0 Å². The normalized spacial score (nSPS) is 35.7. The molecule has 0 spiro atoms. The molecular formula is C5H4N2. The Labute approximate surface area is 42.0 Å². The largest absolute Gasteiger partial charge is 0.198 e. The van der Waals surface area contributed by atoms with Crippen molar-refractivity contribution in [2.45, 2.75) is 6.42 Å². The fraction of sp³-hybridized carbons (Fsp3) is 0.600. The Morgan fingerprint density at radius 1 is 1.14 bits per heavy atom. The molecule has 0 aromatic heterocycles. The predicted molar refractivity (Wildman–Crippen MR) is 22.8 cm³/mol. The fourth-order valence-electron chi connectivity index (χ4n) is 0.480. The van der Waals surface area contributed by atoms with Crippen molar-refractivity contribution in [3.8, 4) is 12.1 Å². The molecule has 34 valence electrons. The van der Waals surface area contributed by atoms with Gasteiger partial charge in [0, 0.05) is 0 Å². The molecule has 0 amide bonds. The number of hydrogen-bond donors (Lipinski definition) is 0. The highest BCUT2D eigenvalue weighted by molar-refractivity contribution is 5.10. The molecule has 0 aliphatic heterocycles. The van der Waals surface area contributed by atoms with E-state index in [9.17, 15) is 0 Å². The van der Waals surface area contributed by atoms with Crippen LogP contribution < -0.4 is 0 Å². The van der Waals surface area contributed by atoms with E-state index in [1.165, 1.54) is 0 Å². The van der Waals surface area contributed by atoms with E-state index in [-0.39, 0.29) is 11.8 Å². The van der Waals surface area contributed by atoms with Crippen LogP contribution in [0.1, 0.15) is 6.42 Å². The van der Waals surface area contributed by atoms with E-state index in [0.29, 0.717) is 0 Å². The summed E-state index contributed by atoms with van der Waals surface area (Å²) in [7, 11) is 0. The van der Waals surface area contributed by atoms with Crippen LogP contribution in [0.3, 0.4) is 0 Å². The van der Waals surface area contributed by atoms with Crippen molar-refractivity contribution in [2.24, 2.45) is 11.8 Å². The molecule has 0 aromatic rings. The highest BCUT2D eigenvalue weighted by Gasteiger charge is 2.37. The van der Waals surface area contributed by atoms with Crippen LogP contribution >= 0.6 is 0 Å². The minimum Gasteiger partial charge on any atom is -0.198 e. The van der Waals surface area contributed by atoms with Crippen LogP contribution in [-0.4, -0.2) is 0 Å². The molecule has 7 heavy (non-hydrogen) atoms. The molecule has 0 radical (unpaired) electrons. The van der Waals surface area contributed by atoms with Gasteiger partial charge in [-0.1, -0.05) is 0 Å². The van der Waals surface area contributed by atoms with Gasteiger partial charge in [0.05, 0.1) is 24.0 Å². The van der Waals surface area contributed by atoms with Crippen molar-refractivity contribution in [1.29, 1.82) is 10.5 Å². The zero-order valence-electron chi connectivity index (χ0n) is 3.76. The summed E-state index contributed by atoms with van der Waals surface area (Å²) in [6.07, 6.45) is 0.799. The Morgan fingerprint density at radius 3 is 1.71 bits per heavy atom. The standard InChI is InChI=1S/C5H4N2/c6-2-4-1-5(4)3-7/h4-5H,1H2/t4-,5+. The summed E-state index contributed by atoms with van der Waals surface area (Å²) in [4.78, 5) is 0. The van der Waals surface area contributed by atoms with Gasteiger partial charge in [-0.15, -0.1) is 0 Å². The molecule has 0 aromatic carbocycles. The van der Waals surface area contributed by atoms with Crippen LogP contribution in [-0.2, 0) is 0 Å². The molecule has 0 heterocycles. The maximum Gasteiger partial charge on any atom is 0.0670 e. The van der Waals surface area contributed by atoms with Gasteiger partial charge in [-0.2, -0.15) is 10.5 Å². The lowest BCUT2D eigenvalue weighted by molar-refractivity contribution is 1.02. The molecule has 0 bridgehead atoms. The molecule has 1 aliphatic rings. The molecule has 2 atom stereocenters. The predicted octanol–water partition coefficient (Wildman–Crippen LogP) is 0.670. The molecular weight excluding hydrogens is 88.1 g/mol. The second-order valence-electron chi connectivity index (χ2n) is 1.71. The maximum atomic E-state index is 8.11. The van der Waals surface area contributed by atoms with Gasteiger partial charge >= 0.3 is 0 Å². The van der Waals surface area contributed by atoms with Gasteiger partial charge in [-0.3, -0.25) is 0 Å². The van der Waals surface area contributed by atoms with Gasteiger partial charge in [-0.25, -0.2) is 0 Å². The van der Waals surface area contributed by atoms with Crippen molar-refractivity contribution in [2.75, 3.05) is 0 Å². The first-order valence-corrected chi connectivity index (χ1v) is 2.17. The molecule has 2 heteroatoms. The average Bonchev–Trinajstić information content (AvgIpc) is 2.43. The minimum absolute atomic E-state index is 0.0602. The number of nitrogens with zero attached hydrogens (tertiary/aromatic N) is 2. The smallest absolute Gasteiger partial charge is 0.0670 e. The number of hydrogen-bond acceptors (Lipinski definition) is 2. The number of rotatable bonds is 0. The summed E-state index contributed by atoms with van der Waals surface area (Å²) >= 11 is 0. The van der Waals surface area contributed by atoms with Crippen LogP contribution in [0.5, 0.6) is 0 Å². The van der Waals surface area contributed by atoms with Crippen LogP contribution in [0.4, 0.5) is 0 Å². The molecule has 1 fully saturated rings. The zero-order chi connectivity index (χ0) is 5.28. The van der Waals surface area contributed by atoms with Gasteiger partial charge in [0.2, 0.25) is 0 Å². The van der Waals surface area contributed by atoms with E-state index in [0.717, 1.165) is 6.42 Å². The Balaban J connectivity index is 2.39. The lowest BCUT2D eigenvalue weighted by atomic mass is 10.4. The van der Waals surface area contributed by atoms with E-state index in [4.69, 9.17) is 10.5 Å².